The molecule has 2 fully saturated rings. The van der Waals surface area contributed by atoms with Gasteiger partial charge in [-0.15, -0.1) is 0 Å². The van der Waals surface area contributed by atoms with Gasteiger partial charge in [-0.05, 0) is 42.7 Å². The lowest BCUT2D eigenvalue weighted by atomic mass is 9.76. The topological polar surface area (TPSA) is 140 Å². The first-order valence-electron chi connectivity index (χ1n) is 11.6. The van der Waals surface area contributed by atoms with Crippen LogP contribution in [0.3, 0.4) is 0 Å². The van der Waals surface area contributed by atoms with Crippen molar-refractivity contribution in [3.8, 4) is 11.5 Å². The smallest absolute Gasteiger partial charge is 0.250 e. The van der Waals surface area contributed by atoms with Crippen LogP contribution in [-0.2, 0) is 31.3 Å². The normalized spacial score (nSPS) is 27.6. The maximum absolute atomic E-state index is 13.9. The summed E-state index contributed by atoms with van der Waals surface area (Å²) >= 11 is 6.29. The van der Waals surface area contributed by atoms with Crippen LogP contribution in [0.5, 0.6) is 11.5 Å². The maximum Gasteiger partial charge on any atom is 0.250 e. The average molecular weight is 511 g/mol. The van der Waals surface area contributed by atoms with E-state index in [4.69, 9.17) is 26.8 Å². The minimum atomic E-state index is -1.46. The molecular formula is C25H23ClN4O6. The van der Waals surface area contributed by atoms with Crippen LogP contribution in [0.1, 0.15) is 29.5 Å². The highest BCUT2D eigenvalue weighted by atomic mass is 35.5. The van der Waals surface area contributed by atoms with Crippen LogP contribution in [0.2, 0.25) is 5.02 Å². The van der Waals surface area contributed by atoms with Crippen LogP contribution in [0.25, 0.3) is 0 Å². The molecule has 1 spiro atoms. The van der Waals surface area contributed by atoms with E-state index in [0.29, 0.717) is 38.9 Å². The number of benzene rings is 2. The van der Waals surface area contributed by atoms with Gasteiger partial charge in [0.2, 0.25) is 30.4 Å². The van der Waals surface area contributed by atoms with E-state index in [1.54, 1.807) is 37.3 Å². The van der Waals surface area contributed by atoms with E-state index in [0.717, 1.165) is 0 Å². The van der Waals surface area contributed by atoms with Crippen LogP contribution in [0.4, 0.5) is 5.69 Å². The molecule has 0 bridgehead atoms. The van der Waals surface area contributed by atoms with E-state index in [-0.39, 0.29) is 26.2 Å². The van der Waals surface area contributed by atoms with Gasteiger partial charge in [0, 0.05) is 23.0 Å². The van der Waals surface area contributed by atoms with Gasteiger partial charge in [-0.3, -0.25) is 29.4 Å². The van der Waals surface area contributed by atoms with E-state index in [9.17, 15) is 19.2 Å². The third-order valence-corrected chi connectivity index (χ3v) is 8.06. The molecule has 2 aromatic carbocycles. The van der Waals surface area contributed by atoms with Gasteiger partial charge in [0.1, 0.15) is 5.54 Å². The number of amides is 4. The van der Waals surface area contributed by atoms with Crippen LogP contribution in [0, 0.1) is 18.8 Å². The molecule has 4 amide bonds. The largest absolute Gasteiger partial charge is 0.454 e. The molecule has 4 heterocycles. The van der Waals surface area contributed by atoms with Gasteiger partial charge in [-0.25, -0.2) is 0 Å². The highest BCUT2D eigenvalue weighted by Crippen LogP contribution is 2.54. The lowest BCUT2D eigenvalue weighted by Gasteiger charge is -2.29. The van der Waals surface area contributed by atoms with Crippen LogP contribution < -0.4 is 25.8 Å². The first kappa shape index (κ1) is 22.8. The zero-order valence-corrected chi connectivity index (χ0v) is 20.1. The van der Waals surface area contributed by atoms with E-state index >= 15 is 0 Å². The number of imide groups is 1. The molecule has 4 aliphatic heterocycles. The second kappa shape index (κ2) is 7.94. The number of fused-ring (bicyclic) bond motifs is 5. The summed E-state index contributed by atoms with van der Waals surface area (Å²) < 4.78 is 10.8. The van der Waals surface area contributed by atoms with Gasteiger partial charge in [0.25, 0.3) is 0 Å². The number of rotatable bonds is 5. The van der Waals surface area contributed by atoms with Gasteiger partial charge >= 0.3 is 0 Å². The van der Waals surface area contributed by atoms with E-state index in [2.05, 4.69) is 10.6 Å². The molecular weight excluding hydrogens is 488 g/mol. The zero-order chi connectivity index (χ0) is 25.4. The van der Waals surface area contributed by atoms with Gasteiger partial charge < -0.3 is 20.5 Å². The molecule has 4 N–H and O–H groups in total. The van der Waals surface area contributed by atoms with Crippen molar-refractivity contribution in [3.63, 3.8) is 0 Å². The summed E-state index contributed by atoms with van der Waals surface area (Å²) in [4.78, 5) is 53.9. The number of carbonyl (C=O) groups excluding carboxylic acids is 4. The molecule has 0 saturated carbocycles. The Kier molecular flexibility index (Phi) is 5.03. The number of anilines is 1. The second-order valence-electron chi connectivity index (χ2n) is 9.57. The first-order valence-corrected chi connectivity index (χ1v) is 12.0. The highest BCUT2D eigenvalue weighted by Gasteiger charge is 2.70. The molecule has 0 unspecified atom stereocenters. The van der Waals surface area contributed by atoms with Crippen LogP contribution >= 0.6 is 11.6 Å². The van der Waals surface area contributed by atoms with Crippen molar-refractivity contribution in [1.82, 2.24) is 10.2 Å². The van der Waals surface area contributed by atoms with E-state index in [1.807, 2.05) is 0 Å². The number of halogens is 1. The standard InChI is InChI=1S/C25H23ClN4O6/c1-11-14(26)4-3-13-21(11)28-24(34)25(13)20-19(15(29-25)5-7-18(27)31)22(32)30(23(20)33)9-12-2-6-16-17(8-12)36-10-35-16/h2-4,6,8,15,19-20,29H,5,7,9-10H2,1H3,(H2,27,31)(H,28,34)/t15-,19+,20+,25+/m0/s1. The highest BCUT2D eigenvalue weighted by molar-refractivity contribution is 6.32. The fraction of sp³-hybridized carbons (Fsp3) is 0.360. The Labute approximate surface area is 211 Å². The van der Waals surface area contributed by atoms with Gasteiger partial charge in [0.05, 0.1) is 24.1 Å². The number of nitrogens with one attached hydrogen (secondary N) is 2. The SMILES string of the molecule is Cc1c(Cl)ccc2c1NC(=O)[C@@]21N[C@@H](CCC(N)=O)[C@H]2C(=O)N(Cc3ccc4c(c3)OCO4)C(=O)[C@@H]21. The third kappa shape index (κ3) is 3.07. The molecule has 36 heavy (non-hydrogen) atoms. The van der Waals surface area contributed by atoms with Gasteiger partial charge in [-0.1, -0.05) is 23.7 Å². The van der Waals surface area contributed by atoms with Crippen molar-refractivity contribution < 1.29 is 28.7 Å². The summed E-state index contributed by atoms with van der Waals surface area (Å²) in [6.45, 7) is 1.91. The van der Waals surface area contributed by atoms with E-state index < -0.39 is 47.0 Å². The lowest BCUT2D eigenvalue weighted by Crippen LogP contribution is -2.53. The van der Waals surface area contributed by atoms with Crippen molar-refractivity contribution in [1.29, 1.82) is 0 Å². The number of nitrogens with two attached hydrogens (primary N) is 1. The Morgan fingerprint density at radius 1 is 1.17 bits per heavy atom. The Morgan fingerprint density at radius 2 is 1.94 bits per heavy atom. The van der Waals surface area contributed by atoms with Crippen LogP contribution in [-0.4, -0.2) is 41.4 Å². The van der Waals surface area contributed by atoms with Crippen molar-refractivity contribution in [2.45, 2.75) is 37.9 Å². The summed E-state index contributed by atoms with van der Waals surface area (Å²) in [5.74, 6) is -2.48. The second-order valence-corrected chi connectivity index (χ2v) is 9.97. The predicted molar refractivity (Wildman–Crippen MR) is 127 cm³/mol. The summed E-state index contributed by atoms with van der Waals surface area (Å²) in [5.41, 5.74) is 6.38. The molecule has 6 rings (SSSR count). The Balaban J connectivity index is 1.41. The van der Waals surface area contributed by atoms with Crippen LogP contribution in [0.15, 0.2) is 30.3 Å². The minimum absolute atomic E-state index is 0.00865. The predicted octanol–water partition coefficient (Wildman–Crippen LogP) is 1.56. The average Bonchev–Trinajstić information content (AvgIpc) is 3.57. The molecule has 0 aromatic heterocycles. The van der Waals surface area contributed by atoms with Crippen molar-refractivity contribution in [2.75, 3.05) is 12.1 Å². The quantitative estimate of drug-likeness (QED) is 0.518. The molecule has 0 aliphatic carbocycles. The summed E-state index contributed by atoms with van der Waals surface area (Å²) in [5, 5.41) is 6.64. The summed E-state index contributed by atoms with van der Waals surface area (Å²) in [6.07, 6.45) is 0.221. The number of carbonyl (C=O) groups is 4. The first-order chi connectivity index (χ1) is 17.2. The zero-order valence-electron chi connectivity index (χ0n) is 19.3. The van der Waals surface area contributed by atoms with Gasteiger partial charge in [-0.2, -0.15) is 0 Å². The van der Waals surface area contributed by atoms with E-state index in [1.165, 1.54) is 4.90 Å². The van der Waals surface area contributed by atoms with Crippen molar-refractivity contribution in [3.05, 3.63) is 52.0 Å². The van der Waals surface area contributed by atoms with Crippen molar-refractivity contribution >= 4 is 40.9 Å². The summed E-state index contributed by atoms with van der Waals surface area (Å²) in [7, 11) is 0. The molecule has 4 aliphatic rings. The fourth-order valence-electron chi connectivity index (χ4n) is 5.97. The molecule has 2 saturated heterocycles. The Morgan fingerprint density at radius 3 is 2.72 bits per heavy atom. The fourth-order valence-corrected chi connectivity index (χ4v) is 6.13. The summed E-state index contributed by atoms with van der Waals surface area (Å²) in [6, 6.07) is 8.02. The molecule has 186 valence electrons. The number of primary amides is 1. The number of nitrogens with zero attached hydrogens (tertiary/aromatic N) is 1. The monoisotopic (exact) mass is 510 g/mol. The molecule has 4 atom stereocenters. The molecule has 2 aromatic rings. The third-order valence-electron chi connectivity index (χ3n) is 7.66. The maximum atomic E-state index is 13.9. The number of likely N-dealkylation sites (tertiary alicyclic amines) is 1. The number of hydrogen-bond acceptors (Lipinski definition) is 7. The van der Waals surface area contributed by atoms with Gasteiger partial charge in [0.15, 0.2) is 11.5 Å². The molecule has 10 nitrogen and oxygen atoms in total. The molecule has 0 radical (unpaired) electrons. The Hall–Kier alpha value is -3.63. The lowest BCUT2D eigenvalue weighted by molar-refractivity contribution is -0.143. The molecule has 11 heteroatoms. The number of hydrogen-bond donors (Lipinski definition) is 3. The Bertz CT molecular complexity index is 1360. The number of ether oxygens (including phenoxy) is 2. The minimum Gasteiger partial charge on any atom is -0.454 e. The van der Waals surface area contributed by atoms with Crippen molar-refractivity contribution in [2.24, 2.45) is 17.6 Å².